The molecule has 0 atom stereocenters. The van der Waals surface area contributed by atoms with Gasteiger partial charge in [-0.05, 0) is 18.2 Å². The minimum absolute atomic E-state index is 0.123. The first-order chi connectivity index (χ1) is 11.7. The van der Waals surface area contributed by atoms with Crippen LogP contribution in [0.1, 0.15) is 12.5 Å². The van der Waals surface area contributed by atoms with Crippen LogP contribution in [0.3, 0.4) is 0 Å². The SMILES string of the molecule is CC(=O)Oc1ccc2oc(=O)n(-c3ncc(C(F)(F)F)cc3Cl)c2c1. The zero-order valence-electron chi connectivity index (χ0n) is 12.4. The summed E-state index contributed by atoms with van der Waals surface area (Å²) in [5.74, 6) is -1.59. The number of nitrogens with zero attached hydrogens (tertiary/aromatic N) is 2. The lowest BCUT2D eigenvalue weighted by Crippen LogP contribution is -2.15. The maximum Gasteiger partial charge on any atom is 0.425 e. The molecule has 2 heterocycles. The van der Waals surface area contributed by atoms with Gasteiger partial charge < -0.3 is 9.15 Å². The molecular formula is C15H8ClF3N2O4. The average Bonchev–Trinajstić information content (AvgIpc) is 2.81. The Morgan fingerprint density at radius 1 is 1.32 bits per heavy atom. The molecule has 1 aromatic carbocycles. The monoisotopic (exact) mass is 372 g/mol. The fourth-order valence-corrected chi connectivity index (χ4v) is 2.43. The first-order valence-electron chi connectivity index (χ1n) is 6.74. The molecule has 0 bridgehead atoms. The van der Waals surface area contributed by atoms with E-state index in [4.69, 9.17) is 20.8 Å². The predicted molar refractivity (Wildman–Crippen MR) is 80.9 cm³/mol. The third-order valence-electron chi connectivity index (χ3n) is 3.17. The Labute approximate surface area is 142 Å². The molecule has 0 radical (unpaired) electrons. The third kappa shape index (κ3) is 3.22. The maximum absolute atomic E-state index is 12.7. The molecule has 0 saturated heterocycles. The van der Waals surface area contributed by atoms with E-state index in [1.807, 2.05) is 0 Å². The van der Waals surface area contributed by atoms with Crippen LogP contribution in [0, 0.1) is 0 Å². The number of carbonyl (C=O) groups excluding carboxylic acids is 1. The fourth-order valence-electron chi connectivity index (χ4n) is 2.18. The number of ether oxygens (including phenoxy) is 1. The van der Waals surface area contributed by atoms with Crippen LogP contribution in [0.2, 0.25) is 5.02 Å². The minimum atomic E-state index is -4.62. The van der Waals surface area contributed by atoms with Gasteiger partial charge in [-0.15, -0.1) is 0 Å². The van der Waals surface area contributed by atoms with Gasteiger partial charge in [0.1, 0.15) is 11.3 Å². The Kier molecular flexibility index (Phi) is 4.03. The first kappa shape index (κ1) is 17.0. The number of pyridine rings is 1. The molecule has 3 rings (SSSR count). The van der Waals surface area contributed by atoms with E-state index in [0.717, 1.165) is 4.57 Å². The van der Waals surface area contributed by atoms with Crippen molar-refractivity contribution in [2.75, 3.05) is 0 Å². The van der Waals surface area contributed by atoms with Crippen LogP contribution in [-0.4, -0.2) is 15.5 Å². The van der Waals surface area contributed by atoms with E-state index in [2.05, 4.69) is 4.98 Å². The van der Waals surface area contributed by atoms with Crippen LogP contribution >= 0.6 is 11.6 Å². The van der Waals surface area contributed by atoms with Gasteiger partial charge in [-0.1, -0.05) is 11.6 Å². The molecule has 0 amide bonds. The Morgan fingerprint density at radius 3 is 2.64 bits per heavy atom. The number of alkyl halides is 3. The fraction of sp³-hybridized carbons (Fsp3) is 0.133. The summed E-state index contributed by atoms with van der Waals surface area (Å²) in [5.41, 5.74) is -0.792. The summed E-state index contributed by atoms with van der Waals surface area (Å²) in [6.45, 7) is 1.20. The zero-order chi connectivity index (χ0) is 18.4. The van der Waals surface area contributed by atoms with Crippen LogP contribution in [0.4, 0.5) is 13.2 Å². The summed E-state index contributed by atoms with van der Waals surface area (Å²) in [4.78, 5) is 26.7. The molecule has 0 saturated carbocycles. The van der Waals surface area contributed by atoms with Gasteiger partial charge in [0.05, 0.1) is 10.6 Å². The maximum atomic E-state index is 12.7. The number of esters is 1. The lowest BCUT2D eigenvalue weighted by molar-refractivity contribution is -0.137. The molecule has 0 N–H and O–H groups in total. The van der Waals surface area contributed by atoms with Crippen molar-refractivity contribution in [2.24, 2.45) is 0 Å². The second kappa shape index (κ2) is 5.92. The van der Waals surface area contributed by atoms with Crippen molar-refractivity contribution in [3.63, 3.8) is 0 Å². The summed E-state index contributed by atoms with van der Waals surface area (Å²) in [6, 6.07) is 4.75. The van der Waals surface area contributed by atoms with Gasteiger partial charge in [0, 0.05) is 19.2 Å². The quantitative estimate of drug-likeness (QED) is 0.508. The van der Waals surface area contributed by atoms with Crippen molar-refractivity contribution in [3.8, 4) is 11.6 Å². The molecule has 0 aliphatic heterocycles. The molecule has 0 aliphatic carbocycles. The lowest BCUT2D eigenvalue weighted by atomic mass is 10.2. The van der Waals surface area contributed by atoms with E-state index in [9.17, 15) is 22.8 Å². The number of rotatable bonds is 2. The van der Waals surface area contributed by atoms with Crippen LogP contribution in [-0.2, 0) is 11.0 Å². The normalized spacial score (nSPS) is 11.7. The van der Waals surface area contributed by atoms with E-state index >= 15 is 0 Å². The largest absolute Gasteiger partial charge is 0.427 e. The summed E-state index contributed by atoms with van der Waals surface area (Å²) in [5, 5.41) is -0.391. The van der Waals surface area contributed by atoms with Gasteiger partial charge in [0.15, 0.2) is 11.4 Å². The smallest absolute Gasteiger partial charge is 0.425 e. The number of hydrogen-bond acceptors (Lipinski definition) is 5. The standard InChI is InChI=1S/C15H8ClF3N2O4/c1-7(22)24-9-2-3-12-11(5-9)21(14(23)25-12)13-10(16)4-8(6-20-13)15(17,18)19/h2-6H,1H3. The second-order valence-electron chi connectivity index (χ2n) is 4.95. The van der Waals surface area contributed by atoms with E-state index in [1.54, 1.807) is 0 Å². The van der Waals surface area contributed by atoms with Gasteiger partial charge in [0.25, 0.3) is 0 Å². The Hall–Kier alpha value is -2.81. The lowest BCUT2D eigenvalue weighted by Gasteiger charge is -2.09. The van der Waals surface area contributed by atoms with Crippen molar-refractivity contribution in [1.82, 2.24) is 9.55 Å². The summed E-state index contributed by atoms with van der Waals surface area (Å²) in [7, 11) is 0. The molecule has 3 aromatic rings. The molecule has 0 spiro atoms. The topological polar surface area (TPSA) is 74.3 Å². The predicted octanol–water partition coefficient (Wildman–Crippen LogP) is 3.58. The van der Waals surface area contributed by atoms with Crippen molar-refractivity contribution in [3.05, 3.63) is 51.6 Å². The van der Waals surface area contributed by atoms with Crippen LogP contribution in [0.15, 0.2) is 39.7 Å². The van der Waals surface area contributed by atoms with Crippen molar-refractivity contribution < 1.29 is 27.1 Å². The van der Waals surface area contributed by atoms with Crippen molar-refractivity contribution >= 4 is 28.7 Å². The number of oxazole rings is 1. The summed E-state index contributed by atoms with van der Waals surface area (Å²) < 4.78 is 49.0. The molecule has 0 unspecified atom stereocenters. The van der Waals surface area contributed by atoms with Gasteiger partial charge in [-0.2, -0.15) is 13.2 Å². The van der Waals surface area contributed by atoms with E-state index in [-0.39, 0.29) is 22.7 Å². The zero-order valence-corrected chi connectivity index (χ0v) is 13.2. The van der Waals surface area contributed by atoms with E-state index < -0.39 is 28.5 Å². The summed E-state index contributed by atoms with van der Waals surface area (Å²) >= 11 is 5.87. The van der Waals surface area contributed by atoms with E-state index in [0.29, 0.717) is 12.3 Å². The van der Waals surface area contributed by atoms with E-state index in [1.165, 1.54) is 25.1 Å². The number of halogens is 4. The molecule has 10 heteroatoms. The van der Waals surface area contributed by atoms with Crippen LogP contribution in [0.5, 0.6) is 5.75 Å². The number of aromatic nitrogens is 2. The molecular weight excluding hydrogens is 365 g/mol. The number of hydrogen-bond donors (Lipinski definition) is 0. The highest BCUT2D eigenvalue weighted by molar-refractivity contribution is 6.32. The van der Waals surface area contributed by atoms with Crippen molar-refractivity contribution in [1.29, 1.82) is 0 Å². The average molecular weight is 373 g/mol. The molecule has 130 valence electrons. The molecule has 25 heavy (non-hydrogen) atoms. The molecule has 0 fully saturated rings. The highest BCUT2D eigenvalue weighted by atomic mass is 35.5. The highest BCUT2D eigenvalue weighted by Crippen LogP contribution is 2.32. The molecule has 0 aliphatic rings. The number of fused-ring (bicyclic) bond motifs is 1. The van der Waals surface area contributed by atoms with Gasteiger partial charge in [-0.3, -0.25) is 4.79 Å². The Morgan fingerprint density at radius 2 is 2.04 bits per heavy atom. The number of benzene rings is 1. The molecule has 6 nitrogen and oxygen atoms in total. The molecule has 2 aromatic heterocycles. The van der Waals surface area contributed by atoms with Gasteiger partial charge in [-0.25, -0.2) is 14.3 Å². The second-order valence-corrected chi connectivity index (χ2v) is 5.36. The van der Waals surface area contributed by atoms with Crippen LogP contribution < -0.4 is 10.5 Å². The van der Waals surface area contributed by atoms with Crippen molar-refractivity contribution in [2.45, 2.75) is 13.1 Å². The minimum Gasteiger partial charge on any atom is -0.427 e. The third-order valence-corrected chi connectivity index (χ3v) is 3.45. The van der Waals surface area contributed by atoms with Crippen LogP contribution in [0.25, 0.3) is 16.9 Å². The summed E-state index contributed by atoms with van der Waals surface area (Å²) in [6.07, 6.45) is -4.07. The highest BCUT2D eigenvalue weighted by Gasteiger charge is 2.32. The van der Waals surface area contributed by atoms with Gasteiger partial charge >= 0.3 is 17.9 Å². The number of carbonyl (C=O) groups is 1. The Balaban J connectivity index is 2.19. The van der Waals surface area contributed by atoms with Gasteiger partial charge in [0.2, 0.25) is 0 Å². The first-order valence-corrected chi connectivity index (χ1v) is 7.12. The Bertz CT molecular complexity index is 1040.